The molecule has 260 valence electrons. The highest BCUT2D eigenvalue weighted by Gasteiger charge is 2.28. The summed E-state index contributed by atoms with van der Waals surface area (Å²) in [6, 6.07) is 32.2. The summed E-state index contributed by atoms with van der Waals surface area (Å²) in [6.07, 6.45) is 28.6. The smallest absolute Gasteiger partial charge is 0.0538 e. The summed E-state index contributed by atoms with van der Waals surface area (Å²) >= 11 is 2.04. The Labute approximate surface area is 317 Å². The molecule has 4 aliphatic carbocycles. The van der Waals surface area contributed by atoms with Gasteiger partial charge >= 0.3 is 0 Å². The molecule has 4 aromatic carbocycles. The predicted octanol–water partition coefficient (Wildman–Crippen LogP) is 14.1. The molecule has 0 saturated carbocycles. The molecular formula is C50H44N2S. The van der Waals surface area contributed by atoms with Gasteiger partial charge in [-0.2, -0.15) is 0 Å². The van der Waals surface area contributed by atoms with Crippen molar-refractivity contribution in [1.82, 2.24) is 4.57 Å². The Morgan fingerprint density at radius 1 is 0.698 bits per heavy atom. The average Bonchev–Trinajstić information content (AvgIpc) is 3.74. The number of anilines is 2. The van der Waals surface area contributed by atoms with E-state index in [0.29, 0.717) is 5.92 Å². The number of nitrogens with zero attached hydrogens (tertiary/aromatic N) is 2. The molecule has 10 rings (SSSR count). The number of fused-ring (bicyclic) bond motifs is 6. The Kier molecular flexibility index (Phi) is 8.06. The van der Waals surface area contributed by atoms with Crippen molar-refractivity contribution in [3.05, 3.63) is 165 Å². The minimum absolute atomic E-state index is 0.469. The summed E-state index contributed by atoms with van der Waals surface area (Å²) in [5.41, 5.74) is 17.3. The quantitative estimate of drug-likeness (QED) is 0.168. The zero-order chi connectivity index (χ0) is 35.5. The lowest BCUT2D eigenvalue weighted by molar-refractivity contribution is 0.757. The second-order valence-electron chi connectivity index (χ2n) is 15.1. The van der Waals surface area contributed by atoms with Crippen molar-refractivity contribution >= 4 is 67.9 Å². The zero-order valence-electron chi connectivity index (χ0n) is 30.6. The number of rotatable bonds is 6. The second kappa shape index (κ2) is 13.2. The van der Waals surface area contributed by atoms with E-state index in [2.05, 4.69) is 163 Å². The van der Waals surface area contributed by atoms with Gasteiger partial charge in [-0.25, -0.2) is 0 Å². The largest absolute Gasteiger partial charge is 0.314 e. The van der Waals surface area contributed by atoms with Crippen molar-refractivity contribution < 1.29 is 0 Å². The first-order chi connectivity index (χ1) is 26.1. The van der Waals surface area contributed by atoms with E-state index in [1.807, 2.05) is 11.3 Å². The topological polar surface area (TPSA) is 8.17 Å². The Morgan fingerprint density at radius 3 is 2.38 bits per heavy atom. The lowest BCUT2D eigenvalue weighted by atomic mass is 9.84. The van der Waals surface area contributed by atoms with Gasteiger partial charge in [0.25, 0.3) is 0 Å². The summed E-state index contributed by atoms with van der Waals surface area (Å²) < 4.78 is 2.47. The third-order valence-electron chi connectivity index (χ3n) is 11.8. The molecule has 1 atom stereocenters. The van der Waals surface area contributed by atoms with Crippen LogP contribution in [0.25, 0.3) is 56.4 Å². The van der Waals surface area contributed by atoms with Crippen LogP contribution in [0.2, 0.25) is 0 Å². The second-order valence-corrected chi connectivity index (χ2v) is 16.3. The molecule has 0 fully saturated rings. The van der Waals surface area contributed by atoms with E-state index in [1.165, 1.54) is 89.9 Å². The Hall–Kier alpha value is -5.38. The first kappa shape index (κ1) is 32.3. The van der Waals surface area contributed by atoms with Crippen molar-refractivity contribution in [3.63, 3.8) is 0 Å². The fraction of sp³-hybridized carbons (Fsp3) is 0.200. The maximum Gasteiger partial charge on any atom is 0.0538 e. The van der Waals surface area contributed by atoms with Gasteiger partial charge < -0.3 is 9.47 Å². The highest BCUT2D eigenvalue weighted by atomic mass is 32.1. The van der Waals surface area contributed by atoms with Crippen molar-refractivity contribution in [2.45, 2.75) is 58.8 Å². The molecule has 6 aromatic rings. The highest BCUT2D eigenvalue weighted by Crippen LogP contribution is 2.46. The molecule has 0 aliphatic heterocycles. The summed E-state index contributed by atoms with van der Waals surface area (Å²) in [4.78, 5) is 5.69. The fourth-order valence-corrected chi connectivity index (χ4v) is 10.4. The highest BCUT2D eigenvalue weighted by molar-refractivity contribution is 7.12. The van der Waals surface area contributed by atoms with Crippen LogP contribution in [0.1, 0.15) is 71.0 Å². The molecule has 53 heavy (non-hydrogen) atoms. The van der Waals surface area contributed by atoms with E-state index in [-0.39, 0.29) is 0 Å². The number of benzene rings is 4. The molecular weight excluding hydrogens is 661 g/mol. The van der Waals surface area contributed by atoms with Gasteiger partial charge in [-0.15, -0.1) is 11.3 Å². The Morgan fingerprint density at radius 2 is 1.51 bits per heavy atom. The van der Waals surface area contributed by atoms with Gasteiger partial charge in [0, 0.05) is 43.2 Å². The molecule has 1 unspecified atom stereocenters. The molecule has 4 aliphatic rings. The van der Waals surface area contributed by atoms with Gasteiger partial charge in [0.15, 0.2) is 0 Å². The van der Waals surface area contributed by atoms with Gasteiger partial charge in [0.1, 0.15) is 0 Å². The van der Waals surface area contributed by atoms with Gasteiger partial charge in [0.05, 0.1) is 16.7 Å². The first-order valence-corrected chi connectivity index (χ1v) is 20.2. The predicted molar refractivity (Wildman–Crippen MR) is 230 cm³/mol. The first-order valence-electron chi connectivity index (χ1n) is 19.4. The molecule has 0 N–H and O–H groups in total. The van der Waals surface area contributed by atoms with Crippen molar-refractivity contribution in [2.24, 2.45) is 5.92 Å². The lowest BCUT2D eigenvalue weighted by Gasteiger charge is -2.34. The molecule has 2 heterocycles. The number of hydrogen-bond donors (Lipinski definition) is 0. The maximum atomic E-state index is 2.58. The van der Waals surface area contributed by atoms with Crippen LogP contribution in [-0.2, 0) is 12.8 Å². The van der Waals surface area contributed by atoms with Crippen LogP contribution in [0.3, 0.4) is 0 Å². The number of aryl methyl sites for hydroxylation is 3. The summed E-state index contributed by atoms with van der Waals surface area (Å²) in [7, 11) is 0. The maximum absolute atomic E-state index is 2.58. The third kappa shape index (κ3) is 5.52. The van der Waals surface area contributed by atoms with Crippen LogP contribution in [0, 0.1) is 12.8 Å². The van der Waals surface area contributed by atoms with E-state index in [0.717, 1.165) is 38.5 Å². The number of hydrogen-bond acceptors (Lipinski definition) is 2. The average molecular weight is 705 g/mol. The van der Waals surface area contributed by atoms with E-state index >= 15 is 0 Å². The van der Waals surface area contributed by atoms with E-state index < -0.39 is 0 Å². The van der Waals surface area contributed by atoms with Crippen LogP contribution >= 0.6 is 11.3 Å². The zero-order valence-corrected chi connectivity index (χ0v) is 31.4. The van der Waals surface area contributed by atoms with Crippen LogP contribution < -0.4 is 4.90 Å². The van der Waals surface area contributed by atoms with E-state index in [9.17, 15) is 0 Å². The summed E-state index contributed by atoms with van der Waals surface area (Å²) in [6.45, 7) is 4.66. The standard InChI is InChI=1S/C50H44N2S/c1-33-13-6-7-17-40(33)50-34(2)14-12-21-47(50)51(39-28-30-49-44(32-39)42-19-9-11-22-48(42)53-49)38-26-23-35(24-27-38)36-25-29-46-43(31-36)41-18-8-10-20-45(41)52(46)37-15-4-3-5-16-37/h3-4,6-10,12,14-15,17-21,23-27,29,31-33H,5,11,13,16,22,28,30H2,1-2H3. The molecule has 0 radical (unpaired) electrons. The molecule has 3 heteroatoms. The molecule has 0 bridgehead atoms. The van der Waals surface area contributed by atoms with Crippen LogP contribution in [0.4, 0.5) is 11.4 Å². The van der Waals surface area contributed by atoms with Gasteiger partial charge in [-0.05, 0) is 140 Å². The number of allylic oxidation sites excluding steroid dienone is 10. The third-order valence-corrected chi connectivity index (χ3v) is 13.1. The van der Waals surface area contributed by atoms with Crippen LogP contribution in [0.5, 0.6) is 0 Å². The SMILES string of the molecule is Cc1cccc(N(C2=Cc3c(sc4c3C=CCC4)CC2)c2ccc(-c3ccc4c(c3)c3ccccc3n4C3=CC=CCC3)cc2)c1C1=CC=CCC1C. The minimum atomic E-state index is 0.469. The van der Waals surface area contributed by atoms with Crippen molar-refractivity contribution in [1.29, 1.82) is 0 Å². The van der Waals surface area contributed by atoms with Gasteiger partial charge in [-0.1, -0.05) is 98.0 Å². The number of thiophene rings is 1. The molecule has 0 amide bonds. The Bertz CT molecular complexity index is 2610. The van der Waals surface area contributed by atoms with E-state index in [1.54, 1.807) is 9.75 Å². The Balaban J connectivity index is 1.10. The summed E-state index contributed by atoms with van der Waals surface area (Å²) in [5.74, 6) is 0.469. The fourth-order valence-electron chi connectivity index (χ4n) is 9.13. The van der Waals surface area contributed by atoms with Crippen LogP contribution in [-0.4, -0.2) is 4.57 Å². The van der Waals surface area contributed by atoms with Crippen LogP contribution in [0.15, 0.2) is 133 Å². The molecule has 0 saturated heterocycles. The monoisotopic (exact) mass is 704 g/mol. The van der Waals surface area contributed by atoms with Gasteiger partial charge in [-0.3, -0.25) is 0 Å². The van der Waals surface area contributed by atoms with Gasteiger partial charge in [0.2, 0.25) is 0 Å². The normalized spacial score (nSPS) is 17.8. The molecule has 2 nitrogen and oxygen atoms in total. The molecule has 2 aromatic heterocycles. The number of aromatic nitrogens is 1. The van der Waals surface area contributed by atoms with Crippen molar-refractivity contribution in [2.75, 3.05) is 4.90 Å². The van der Waals surface area contributed by atoms with Crippen molar-refractivity contribution in [3.8, 4) is 11.1 Å². The number of para-hydroxylation sites is 1. The lowest BCUT2D eigenvalue weighted by Crippen LogP contribution is -2.21. The molecule has 0 spiro atoms. The minimum Gasteiger partial charge on any atom is -0.314 e. The summed E-state index contributed by atoms with van der Waals surface area (Å²) in [5, 5.41) is 2.62. The van der Waals surface area contributed by atoms with E-state index in [4.69, 9.17) is 0 Å².